The first-order chi connectivity index (χ1) is 11.4. The predicted molar refractivity (Wildman–Crippen MR) is 103 cm³/mol. The maximum atomic E-state index is 12.1. The minimum Gasteiger partial charge on any atom is -0.389 e. The molecule has 0 aromatic rings. The molecule has 0 amide bonds. The van der Waals surface area contributed by atoms with Crippen molar-refractivity contribution in [2.75, 3.05) is 0 Å². The fourth-order valence-electron chi connectivity index (χ4n) is 3.54. The predicted octanol–water partition coefficient (Wildman–Crippen LogP) is 5.85. The molecule has 2 heteroatoms. The van der Waals surface area contributed by atoms with Crippen LogP contribution in [-0.4, -0.2) is 17.0 Å². The van der Waals surface area contributed by atoms with Crippen molar-refractivity contribution in [3.8, 4) is 0 Å². The highest BCUT2D eigenvalue weighted by Gasteiger charge is 2.32. The average molecular weight is 335 g/mol. The SMILES string of the molecule is CC(C)=CCCC(O)C=C[C@H]1CCC(=O)[C@@H]1CCCCCC(C)C. The minimum absolute atomic E-state index is 0.199. The quantitative estimate of drug-likeness (QED) is 0.380. The van der Waals surface area contributed by atoms with Gasteiger partial charge in [-0.15, -0.1) is 0 Å². The van der Waals surface area contributed by atoms with Crippen LogP contribution in [0, 0.1) is 17.8 Å². The first-order valence-corrected chi connectivity index (χ1v) is 9.92. The Hall–Kier alpha value is -0.890. The third-order valence-electron chi connectivity index (χ3n) is 5.05. The van der Waals surface area contributed by atoms with Crippen LogP contribution in [0.5, 0.6) is 0 Å². The van der Waals surface area contributed by atoms with E-state index in [1.165, 1.54) is 24.8 Å². The molecule has 1 aliphatic rings. The van der Waals surface area contributed by atoms with Gasteiger partial charge in [-0.05, 0) is 51.4 Å². The molecule has 0 aliphatic heterocycles. The number of hydrogen-bond acceptors (Lipinski definition) is 2. The number of aliphatic hydroxyl groups excluding tert-OH is 1. The lowest BCUT2D eigenvalue weighted by molar-refractivity contribution is -0.121. The van der Waals surface area contributed by atoms with Crippen molar-refractivity contribution in [1.82, 2.24) is 0 Å². The molecule has 3 atom stereocenters. The van der Waals surface area contributed by atoms with Crippen molar-refractivity contribution in [2.45, 2.75) is 91.6 Å². The molecule has 0 radical (unpaired) electrons. The molecule has 0 heterocycles. The Bertz CT molecular complexity index is 416. The van der Waals surface area contributed by atoms with Crippen molar-refractivity contribution >= 4 is 5.78 Å². The highest BCUT2D eigenvalue weighted by molar-refractivity contribution is 5.83. The summed E-state index contributed by atoms with van der Waals surface area (Å²) in [6.07, 6.45) is 15.2. The minimum atomic E-state index is -0.386. The zero-order chi connectivity index (χ0) is 17.9. The zero-order valence-corrected chi connectivity index (χ0v) is 16.3. The Morgan fingerprint density at radius 1 is 1.21 bits per heavy atom. The van der Waals surface area contributed by atoms with Gasteiger partial charge in [-0.1, -0.05) is 63.3 Å². The van der Waals surface area contributed by atoms with Crippen LogP contribution in [0.3, 0.4) is 0 Å². The van der Waals surface area contributed by atoms with E-state index in [2.05, 4.69) is 39.8 Å². The third-order valence-corrected chi connectivity index (χ3v) is 5.05. The fourth-order valence-corrected chi connectivity index (χ4v) is 3.54. The van der Waals surface area contributed by atoms with Gasteiger partial charge < -0.3 is 5.11 Å². The molecule has 1 aliphatic carbocycles. The molecule has 1 saturated carbocycles. The standard InChI is InChI=1S/C22H38O2/c1-17(2)9-6-5-7-12-21-19(14-16-22(21)24)13-15-20(23)11-8-10-18(3)4/h10,13,15,17,19-21,23H,5-9,11-12,14,16H2,1-4H3/t19-,20?,21+/m0/s1. The summed E-state index contributed by atoms with van der Waals surface area (Å²) in [5, 5.41) is 10.1. The number of unbranched alkanes of at least 4 members (excludes halogenated alkanes) is 2. The Morgan fingerprint density at radius 2 is 1.96 bits per heavy atom. The molecule has 1 unspecified atom stereocenters. The summed E-state index contributed by atoms with van der Waals surface area (Å²) in [7, 11) is 0. The summed E-state index contributed by atoms with van der Waals surface area (Å²) in [4.78, 5) is 12.1. The smallest absolute Gasteiger partial charge is 0.136 e. The summed E-state index contributed by atoms with van der Waals surface area (Å²) in [5.74, 6) is 1.76. The first-order valence-electron chi connectivity index (χ1n) is 9.92. The summed E-state index contributed by atoms with van der Waals surface area (Å²) < 4.78 is 0. The normalized spacial score (nSPS) is 22.5. The van der Waals surface area contributed by atoms with Gasteiger partial charge >= 0.3 is 0 Å². The monoisotopic (exact) mass is 334 g/mol. The van der Waals surface area contributed by atoms with E-state index in [0.717, 1.165) is 44.4 Å². The van der Waals surface area contributed by atoms with Crippen LogP contribution in [0.2, 0.25) is 0 Å². The van der Waals surface area contributed by atoms with Crippen LogP contribution in [-0.2, 0) is 4.79 Å². The molecular formula is C22H38O2. The van der Waals surface area contributed by atoms with Crippen LogP contribution < -0.4 is 0 Å². The molecule has 1 rings (SSSR count). The number of carbonyl (C=O) groups excluding carboxylic acids is 1. The van der Waals surface area contributed by atoms with Gasteiger partial charge in [0.15, 0.2) is 0 Å². The highest BCUT2D eigenvalue weighted by atomic mass is 16.3. The molecule has 0 bridgehead atoms. The van der Waals surface area contributed by atoms with Crippen LogP contribution >= 0.6 is 0 Å². The molecule has 1 fully saturated rings. The Labute approximate surface area is 149 Å². The molecule has 24 heavy (non-hydrogen) atoms. The Morgan fingerprint density at radius 3 is 2.62 bits per heavy atom. The van der Waals surface area contributed by atoms with Crippen molar-refractivity contribution < 1.29 is 9.90 Å². The molecule has 0 spiro atoms. The molecule has 1 N–H and O–H groups in total. The Balaban J connectivity index is 2.35. The van der Waals surface area contributed by atoms with Gasteiger partial charge in [0, 0.05) is 12.3 Å². The number of rotatable bonds is 11. The number of ketones is 1. The summed E-state index contributed by atoms with van der Waals surface area (Å²) in [5.41, 5.74) is 1.30. The van der Waals surface area contributed by atoms with Crippen molar-refractivity contribution in [3.63, 3.8) is 0 Å². The van der Waals surface area contributed by atoms with E-state index in [-0.39, 0.29) is 12.0 Å². The molecule has 138 valence electrons. The maximum absolute atomic E-state index is 12.1. The number of Topliss-reactive ketones (excluding diaryl/α,β-unsaturated/α-hetero) is 1. The van der Waals surface area contributed by atoms with E-state index >= 15 is 0 Å². The second kappa shape index (κ2) is 11.6. The Kier molecular flexibility index (Phi) is 10.2. The van der Waals surface area contributed by atoms with Gasteiger partial charge in [0.1, 0.15) is 5.78 Å². The lowest BCUT2D eigenvalue weighted by Crippen LogP contribution is -2.14. The lowest BCUT2D eigenvalue weighted by Gasteiger charge is -2.15. The van der Waals surface area contributed by atoms with Gasteiger partial charge in [0.2, 0.25) is 0 Å². The maximum Gasteiger partial charge on any atom is 0.136 e. The van der Waals surface area contributed by atoms with Gasteiger partial charge in [0.25, 0.3) is 0 Å². The number of carbonyl (C=O) groups is 1. The molecule has 0 aromatic heterocycles. The molecule has 0 saturated heterocycles. The second-order valence-electron chi connectivity index (χ2n) is 8.12. The van der Waals surface area contributed by atoms with E-state index in [1.54, 1.807) is 0 Å². The van der Waals surface area contributed by atoms with Crippen LogP contribution in [0.25, 0.3) is 0 Å². The summed E-state index contributed by atoms with van der Waals surface area (Å²) >= 11 is 0. The molecule has 0 aromatic carbocycles. The number of hydrogen-bond donors (Lipinski definition) is 1. The van der Waals surface area contributed by atoms with E-state index in [1.807, 2.05) is 6.08 Å². The van der Waals surface area contributed by atoms with Gasteiger partial charge in [-0.3, -0.25) is 4.79 Å². The van der Waals surface area contributed by atoms with Gasteiger partial charge in [-0.25, -0.2) is 0 Å². The van der Waals surface area contributed by atoms with Crippen LogP contribution in [0.15, 0.2) is 23.8 Å². The zero-order valence-electron chi connectivity index (χ0n) is 16.3. The van der Waals surface area contributed by atoms with Crippen molar-refractivity contribution in [3.05, 3.63) is 23.8 Å². The average Bonchev–Trinajstić information content (AvgIpc) is 2.85. The van der Waals surface area contributed by atoms with Gasteiger partial charge in [0.05, 0.1) is 6.10 Å². The van der Waals surface area contributed by atoms with E-state index in [4.69, 9.17) is 0 Å². The number of allylic oxidation sites excluding steroid dienone is 3. The summed E-state index contributed by atoms with van der Waals surface area (Å²) in [6.45, 7) is 8.70. The van der Waals surface area contributed by atoms with E-state index in [9.17, 15) is 9.90 Å². The van der Waals surface area contributed by atoms with E-state index < -0.39 is 0 Å². The largest absolute Gasteiger partial charge is 0.389 e. The molecule has 2 nitrogen and oxygen atoms in total. The summed E-state index contributed by atoms with van der Waals surface area (Å²) in [6, 6.07) is 0. The second-order valence-corrected chi connectivity index (χ2v) is 8.12. The molecular weight excluding hydrogens is 296 g/mol. The van der Waals surface area contributed by atoms with Crippen LogP contribution in [0.1, 0.15) is 85.5 Å². The van der Waals surface area contributed by atoms with Crippen molar-refractivity contribution in [2.24, 2.45) is 17.8 Å². The third kappa shape index (κ3) is 8.82. The fraction of sp³-hybridized carbons (Fsp3) is 0.773. The number of aliphatic hydroxyl groups is 1. The highest BCUT2D eigenvalue weighted by Crippen LogP contribution is 2.34. The van der Waals surface area contributed by atoms with Gasteiger partial charge in [-0.2, -0.15) is 0 Å². The van der Waals surface area contributed by atoms with Crippen LogP contribution in [0.4, 0.5) is 0 Å². The van der Waals surface area contributed by atoms with E-state index in [0.29, 0.717) is 11.7 Å². The van der Waals surface area contributed by atoms with Crippen molar-refractivity contribution in [1.29, 1.82) is 0 Å². The lowest BCUT2D eigenvalue weighted by atomic mass is 9.89. The topological polar surface area (TPSA) is 37.3 Å². The first kappa shape index (κ1) is 21.2.